The summed E-state index contributed by atoms with van der Waals surface area (Å²) in [6.07, 6.45) is 5.39. The average molecular weight is 336 g/mol. The van der Waals surface area contributed by atoms with Crippen LogP contribution in [0, 0.1) is 0 Å². The SMILES string of the molecule is CCCCN(C(=O)c1cn(C)cn1)c1ccccc1Br. The number of unbranched alkanes of at least 4 members (excludes halogenated alkanes) is 1. The van der Waals surface area contributed by atoms with E-state index in [4.69, 9.17) is 0 Å². The molecule has 106 valence electrons. The van der Waals surface area contributed by atoms with E-state index >= 15 is 0 Å². The molecule has 4 nitrogen and oxygen atoms in total. The molecule has 0 N–H and O–H groups in total. The van der Waals surface area contributed by atoms with Crippen LogP contribution in [0.2, 0.25) is 0 Å². The normalized spacial score (nSPS) is 10.6. The predicted molar refractivity (Wildman–Crippen MR) is 83.9 cm³/mol. The van der Waals surface area contributed by atoms with Crippen molar-refractivity contribution in [3.63, 3.8) is 0 Å². The Labute approximate surface area is 127 Å². The first kappa shape index (κ1) is 14.8. The highest BCUT2D eigenvalue weighted by Crippen LogP contribution is 2.27. The lowest BCUT2D eigenvalue weighted by Gasteiger charge is -2.23. The van der Waals surface area contributed by atoms with E-state index in [2.05, 4.69) is 27.8 Å². The number of anilines is 1. The van der Waals surface area contributed by atoms with E-state index in [1.54, 1.807) is 22.0 Å². The Bertz CT molecular complexity index is 594. The number of imidazole rings is 1. The number of carbonyl (C=O) groups is 1. The molecule has 0 unspecified atom stereocenters. The van der Waals surface area contributed by atoms with Crippen molar-refractivity contribution in [2.24, 2.45) is 7.05 Å². The second kappa shape index (κ2) is 6.70. The zero-order valence-electron chi connectivity index (χ0n) is 11.7. The van der Waals surface area contributed by atoms with Crippen LogP contribution in [0.4, 0.5) is 5.69 Å². The van der Waals surface area contributed by atoms with E-state index in [9.17, 15) is 4.79 Å². The van der Waals surface area contributed by atoms with Gasteiger partial charge in [-0.2, -0.15) is 0 Å². The van der Waals surface area contributed by atoms with Gasteiger partial charge in [-0.3, -0.25) is 4.79 Å². The van der Waals surface area contributed by atoms with Crippen LogP contribution in [-0.4, -0.2) is 22.0 Å². The summed E-state index contributed by atoms with van der Waals surface area (Å²) >= 11 is 3.52. The lowest BCUT2D eigenvalue weighted by molar-refractivity contribution is 0.0982. The molecule has 0 aliphatic heterocycles. The van der Waals surface area contributed by atoms with Gasteiger partial charge >= 0.3 is 0 Å². The Balaban J connectivity index is 2.32. The summed E-state index contributed by atoms with van der Waals surface area (Å²) in [7, 11) is 1.86. The Kier molecular flexibility index (Phi) is 4.95. The number of para-hydroxylation sites is 1. The number of hydrogen-bond acceptors (Lipinski definition) is 2. The minimum Gasteiger partial charge on any atom is -0.340 e. The number of rotatable bonds is 5. The summed E-state index contributed by atoms with van der Waals surface area (Å²) < 4.78 is 2.70. The molecule has 1 amide bonds. The molecule has 0 atom stereocenters. The molecule has 0 aliphatic rings. The highest BCUT2D eigenvalue weighted by atomic mass is 79.9. The smallest absolute Gasteiger partial charge is 0.278 e. The summed E-state index contributed by atoms with van der Waals surface area (Å²) in [5, 5.41) is 0. The number of benzene rings is 1. The topological polar surface area (TPSA) is 38.1 Å². The summed E-state index contributed by atoms with van der Waals surface area (Å²) in [4.78, 5) is 18.6. The van der Waals surface area contributed by atoms with E-state index in [0.29, 0.717) is 12.2 Å². The molecule has 1 heterocycles. The Morgan fingerprint density at radius 3 is 2.75 bits per heavy atom. The van der Waals surface area contributed by atoms with Gasteiger partial charge in [-0.25, -0.2) is 4.98 Å². The highest BCUT2D eigenvalue weighted by molar-refractivity contribution is 9.10. The number of hydrogen-bond donors (Lipinski definition) is 0. The Hall–Kier alpha value is -1.62. The van der Waals surface area contributed by atoms with Crippen LogP contribution >= 0.6 is 15.9 Å². The van der Waals surface area contributed by atoms with Gasteiger partial charge in [-0.05, 0) is 34.5 Å². The van der Waals surface area contributed by atoms with Gasteiger partial charge in [-0.15, -0.1) is 0 Å². The Morgan fingerprint density at radius 1 is 1.40 bits per heavy atom. The zero-order chi connectivity index (χ0) is 14.5. The number of halogens is 1. The van der Waals surface area contributed by atoms with Crippen LogP contribution in [0.15, 0.2) is 41.3 Å². The molecule has 0 spiro atoms. The average Bonchev–Trinajstić information content (AvgIpc) is 2.87. The van der Waals surface area contributed by atoms with Gasteiger partial charge in [0, 0.05) is 24.3 Å². The first-order chi connectivity index (χ1) is 9.63. The van der Waals surface area contributed by atoms with Gasteiger partial charge < -0.3 is 9.47 Å². The molecule has 0 radical (unpaired) electrons. The molecule has 1 aromatic heterocycles. The highest BCUT2D eigenvalue weighted by Gasteiger charge is 2.20. The molecule has 0 fully saturated rings. The number of carbonyl (C=O) groups excluding carboxylic acids is 1. The monoisotopic (exact) mass is 335 g/mol. The number of aromatic nitrogens is 2. The maximum Gasteiger partial charge on any atom is 0.278 e. The maximum atomic E-state index is 12.6. The van der Waals surface area contributed by atoms with Crippen molar-refractivity contribution in [1.29, 1.82) is 0 Å². The van der Waals surface area contributed by atoms with E-state index in [0.717, 1.165) is 23.0 Å². The van der Waals surface area contributed by atoms with Crippen LogP contribution in [0.1, 0.15) is 30.3 Å². The number of amides is 1. The van der Waals surface area contributed by atoms with Gasteiger partial charge in [0.25, 0.3) is 5.91 Å². The summed E-state index contributed by atoms with van der Waals surface area (Å²) in [5.74, 6) is -0.0639. The van der Waals surface area contributed by atoms with Gasteiger partial charge in [0.2, 0.25) is 0 Å². The fourth-order valence-corrected chi connectivity index (χ4v) is 2.48. The first-order valence-corrected chi connectivity index (χ1v) is 7.47. The van der Waals surface area contributed by atoms with Crippen LogP contribution in [-0.2, 0) is 7.05 Å². The largest absolute Gasteiger partial charge is 0.340 e. The molecule has 0 saturated heterocycles. The number of nitrogens with zero attached hydrogens (tertiary/aromatic N) is 3. The molecular weight excluding hydrogens is 318 g/mol. The third-order valence-corrected chi connectivity index (χ3v) is 3.72. The fourth-order valence-electron chi connectivity index (χ4n) is 1.98. The van der Waals surface area contributed by atoms with Crippen molar-refractivity contribution in [1.82, 2.24) is 9.55 Å². The first-order valence-electron chi connectivity index (χ1n) is 6.68. The van der Waals surface area contributed by atoms with Crippen LogP contribution < -0.4 is 4.90 Å². The second-order valence-corrected chi connectivity index (χ2v) is 5.54. The van der Waals surface area contributed by atoms with Crippen LogP contribution in [0.25, 0.3) is 0 Å². The van der Waals surface area contributed by atoms with Gasteiger partial charge in [0.15, 0.2) is 0 Å². The van der Waals surface area contributed by atoms with E-state index < -0.39 is 0 Å². The number of aryl methyl sites for hydroxylation is 1. The molecule has 0 aliphatic carbocycles. The third kappa shape index (κ3) is 3.28. The molecule has 0 bridgehead atoms. The zero-order valence-corrected chi connectivity index (χ0v) is 13.3. The van der Waals surface area contributed by atoms with Gasteiger partial charge in [0.1, 0.15) is 5.69 Å². The lowest BCUT2D eigenvalue weighted by Crippen LogP contribution is -2.32. The quantitative estimate of drug-likeness (QED) is 0.836. The molecular formula is C15H18BrN3O. The third-order valence-electron chi connectivity index (χ3n) is 3.05. The summed E-state index contributed by atoms with van der Waals surface area (Å²) in [6.45, 7) is 2.80. The Morgan fingerprint density at radius 2 is 2.15 bits per heavy atom. The maximum absolute atomic E-state index is 12.6. The molecule has 2 rings (SSSR count). The van der Waals surface area contributed by atoms with Crippen molar-refractivity contribution in [3.05, 3.63) is 47.0 Å². The van der Waals surface area contributed by atoms with Crippen molar-refractivity contribution < 1.29 is 4.79 Å². The summed E-state index contributed by atoms with van der Waals surface area (Å²) in [5.41, 5.74) is 1.36. The molecule has 0 saturated carbocycles. The van der Waals surface area contributed by atoms with Gasteiger partial charge in [0.05, 0.1) is 12.0 Å². The minimum absolute atomic E-state index is 0.0639. The molecule has 20 heavy (non-hydrogen) atoms. The fraction of sp³-hybridized carbons (Fsp3) is 0.333. The van der Waals surface area contributed by atoms with E-state index in [1.165, 1.54) is 0 Å². The van der Waals surface area contributed by atoms with Crippen molar-refractivity contribution in [2.45, 2.75) is 19.8 Å². The van der Waals surface area contributed by atoms with Gasteiger partial charge in [-0.1, -0.05) is 25.5 Å². The van der Waals surface area contributed by atoms with Crippen molar-refractivity contribution in [2.75, 3.05) is 11.4 Å². The van der Waals surface area contributed by atoms with Crippen LogP contribution in [0.5, 0.6) is 0 Å². The molecule has 5 heteroatoms. The van der Waals surface area contributed by atoms with Crippen molar-refractivity contribution in [3.8, 4) is 0 Å². The van der Waals surface area contributed by atoms with E-state index in [-0.39, 0.29) is 5.91 Å². The molecule has 2 aromatic rings. The van der Waals surface area contributed by atoms with Crippen LogP contribution in [0.3, 0.4) is 0 Å². The lowest BCUT2D eigenvalue weighted by atomic mass is 10.2. The second-order valence-electron chi connectivity index (χ2n) is 4.69. The minimum atomic E-state index is -0.0639. The predicted octanol–water partition coefficient (Wildman–Crippen LogP) is 3.63. The summed E-state index contributed by atoms with van der Waals surface area (Å²) in [6, 6.07) is 7.77. The molecule has 1 aromatic carbocycles. The van der Waals surface area contributed by atoms with Crippen molar-refractivity contribution >= 4 is 27.5 Å². The van der Waals surface area contributed by atoms with E-state index in [1.807, 2.05) is 31.3 Å². The standard InChI is InChI=1S/C15H18BrN3O/c1-3-4-9-19(14-8-6-5-7-12(14)16)15(20)13-10-18(2)11-17-13/h5-8,10-11H,3-4,9H2,1-2H3.